The molecule has 0 saturated heterocycles. The summed E-state index contributed by atoms with van der Waals surface area (Å²) < 4.78 is 16.2. The molecule has 1 aliphatic rings. The maximum absolute atomic E-state index is 9.03. The molecule has 0 aliphatic carbocycles. The van der Waals surface area contributed by atoms with Crippen LogP contribution in [0.15, 0.2) is 30.3 Å². The van der Waals surface area contributed by atoms with E-state index in [1.165, 1.54) is 0 Å². The van der Waals surface area contributed by atoms with Gasteiger partial charge in [-0.1, -0.05) is 6.07 Å². The van der Waals surface area contributed by atoms with Crippen molar-refractivity contribution in [2.45, 2.75) is 13.5 Å². The van der Waals surface area contributed by atoms with E-state index >= 15 is 0 Å². The van der Waals surface area contributed by atoms with Gasteiger partial charge in [0.1, 0.15) is 18.2 Å². The second-order valence-corrected chi connectivity index (χ2v) is 4.39. The summed E-state index contributed by atoms with van der Waals surface area (Å²) in [5.41, 5.74) is 2.17. The van der Waals surface area contributed by atoms with Gasteiger partial charge in [0.05, 0.1) is 0 Å². The third-order valence-corrected chi connectivity index (χ3v) is 2.93. The normalized spacial score (nSPS) is 12.0. The zero-order chi connectivity index (χ0) is 13.9. The summed E-state index contributed by atoms with van der Waals surface area (Å²) in [6.45, 7) is 2.42. The molecular weight excluding hydrogens is 256 g/mol. The van der Waals surface area contributed by atoms with Crippen molar-refractivity contribution in [2.24, 2.45) is 0 Å². The van der Waals surface area contributed by atoms with Crippen LogP contribution in [0.5, 0.6) is 17.4 Å². The van der Waals surface area contributed by atoms with Crippen molar-refractivity contribution in [3.05, 3.63) is 47.2 Å². The molecule has 2 heterocycles. The summed E-state index contributed by atoms with van der Waals surface area (Å²) in [6.07, 6.45) is 0. The van der Waals surface area contributed by atoms with E-state index < -0.39 is 0 Å². The number of aromatic nitrogens is 1. The summed E-state index contributed by atoms with van der Waals surface area (Å²) in [6, 6.07) is 11.2. The fraction of sp³-hybridized carbons (Fsp3) is 0.200. The maximum atomic E-state index is 9.03. The molecule has 0 radical (unpaired) electrons. The molecule has 20 heavy (non-hydrogen) atoms. The SMILES string of the molecule is Cc1ccc(C#N)c(OCc2ccc3c(c2)OCO3)n1. The highest BCUT2D eigenvalue weighted by molar-refractivity contribution is 5.44. The van der Waals surface area contributed by atoms with Gasteiger partial charge in [0.25, 0.3) is 0 Å². The third kappa shape index (κ3) is 2.36. The van der Waals surface area contributed by atoms with Crippen molar-refractivity contribution >= 4 is 0 Å². The number of nitriles is 1. The van der Waals surface area contributed by atoms with Gasteiger partial charge in [0, 0.05) is 5.69 Å². The Hall–Kier alpha value is -2.74. The molecule has 0 atom stereocenters. The second-order valence-electron chi connectivity index (χ2n) is 4.39. The first-order valence-corrected chi connectivity index (χ1v) is 6.15. The minimum absolute atomic E-state index is 0.248. The van der Waals surface area contributed by atoms with Gasteiger partial charge in [0.2, 0.25) is 12.7 Å². The highest BCUT2D eigenvalue weighted by atomic mass is 16.7. The summed E-state index contributed by atoms with van der Waals surface area (Å²) >= 11 is 0. The molecular formula is C15H12N2O3. The van der Waals surface area contributed by atoms with Crippen LogP contribution in [0.3, 0.4) is 0 Å². The van der Waals surface area contributed by atoms with E-state index in [9.17, 15) is 0 Å². The molecule has 5 nitrogen and oxygen atoms in total. The quantitative estimate of drug-likeness (QED) is 0.856. The number of ether oxygens (including phenoxy) is 3. The molecule has 0 unspecified atom stereocenters. The number of hydrogen-bond acceptors (Lipinski definition) is 5. The zero-order valence-corrected chi connectivity index (χ0v) is 10.9. The Balaban J connectivity index is 1.77. The maximum Gasteiger partial charge on any atom is 0.232 e. The van der Waals surface area contributed by atoms with Crippen molar-refractivity contribution in [3.8, 4) is 23.4 Å². The predicted molar refractivity (Wildman–Crippen MR) is 70.6 cm³/mol. The van der Waals surface area contributed by atoms with Crippen LogP contribution >= 0.6 is 0 Å². The lowest BCUT2D eigenvalue weighted by Gasteiger charge is -2.08. The van der Waals surface area contributed by atoms with Crippen LogP contribution in [-0.2, 0) is 6.61 Å². The highest BCUT2D eigenvalue weighted by Gasteiger charge is 2.13. The van der Waals surface area contributed by atoms with Crippen LogP contribution in [0.2, 0.25) is 0 Å². The first-order chi connectivity index (χ1) is 9.76. The van der Waals surface area contributed by atoms with Crippen LogP contribution in [0.1, 0.15) is 16.8 Å². The van der Waals surface area contributed by atoms with Crippen LogP contribution < -0.4 is 14.2 Å². The second kappa shape index (κ2) is 5.10. The molecule has 0 saturated carbocycles. The van der Waals surface area contributed by atoms with Crippen LogP contribution in [-0.4, -0.2) is 11.8 Å². The van der Waals surface area contributed by atoms with Gasteiger partial charge < -0.3 is 14.2 Å². The Kier molecular flexibility index (Phi) is 3.13. The minimum Gasteiger partial charge on any atom is -0.472 e. The fourth-order valence-electron chi connectivity index (χ4n) is 1.91. The molecule has 2 aromatic rings. The number of aryl methyl sites for hydroxylation is 1. The van der Waals surface area contributed by atoms with Crippen molar-refractivity contribution in [1.29, 1.82) is 5.26 Å². The lowest BCUT2D eigenvalue weighted by Crippen LogP contribution is -2.00. The average Bonchev–Trinajstić information content (AvgIpc) is 2.92. The fourth-order valence-corrected chi connectivity index (χ4v) is 1.91. The van der Waals surface area contributed by atoms with E-state index in [1.54, 1.807) is 12.1 Å². The first kappa shape index (κ1) is 12.3. The first-order valence-electron chi connectivity index (χ1n) is 6.15. The highest BCUT2D eigenvalue weighted by Crippen LogP contribution is 2.32. The summed E-state index contributed by atoms with van der Waals surface area (Å²) in [7, 11) is 0. The number of benzene rings is 1. The Morgan fingerprint density at radius 3 is 2.95 bits per heavy atom. The van der Waals surface area contributed by atoms with E-state index in [2.05, 4.69) is 11.1 Å². The largest absolute Gasteiger partial charge is 0.472 e. The van der Waals surface area contributed by atoms with Crippen molar-refractivity contribution in [2.75, 3.05) is 6.79 Å². The van der Waals surface area contributed by atoms with Gasteiger partial charge in [0.15, 0.2) is 11.5 Å². The van der Waals surface area contributed by atoms with E-state index in [0.717, 1.165) is 17.0 Å². The van der Waals surface area contributed by atoms with Crippen LogP contribution in [0.25, 0.3) is 0 Å². The molecule has 0 amide bonds. The van der Waals surface area contributed by atoms with E-state index in [-0.39, 0.29) is 6.79 Å². The molecule has 0 fully saturated rings. The number of rotatable bonds is 3. The third-order valence-electron chi connectivity index (χ3n) is 2.93. The molecule has 1 aliphatic heterocycles. The van der Waals surface area contributed by atoms with Crippen molar-refractivity contribution in [1.82, 2.24) is 4.98 Å². The smallest absolute Gasteiger partial charge is 0.232 e. The minimum atomic E-state index is 0.248. The topological polar surface area (TPSA) is 64.4 Å². The van der Waals surface area contributed by atoms with Gasteiger partial charge in [-0.3, -0.25) is 0 Å². The number of hydrogen-bond donors (Lipinski definition) is 0. The molecule has 0 N–H and O–H groups in total. The molecule has 1 aromatic carbocycles. The summed E-state index contributed by atoms with van der Waals surface area (Å²) in [5.74, 6) is 1.80. The molecule has 0 spiro atoms. The van der Waals surface area contributed by atoms with Crippen LogP contribution in [0.4, 0.5) is 0 Å². The molecule has 1 aromatic heterocycles. The molecule has 0 bridgehead atoms. The lowest BCUT2D eigenvalue weighted by molar-refractivity contribution is 0.174. The molecule has 5 heteroatoms. The Bertz CT molecular complexity index is 692. The average molecular weight is 268 g/mol. The Labute approximate surface area is 116 Å². The standard InChI is InChI=1S/C15H12N2O3/c1-10-2-4-12(7-16)15(17-10)18-8-11-3-5-13-14(6-11)20-9-19-13/h2-6H,8-9H2,1H3. The van der Waals surface area contributed by atoms with Gasteiger partial charge in [-0.05, 0) is 36.8 Å². The lowest BCUT2D eigenvalue weighted by atomic mass is 10.2. The predicted octanol–water partition coefficient (Wildman–Crippen LogP) is 2.57. The molecule has 100 valence electrons. The zero-order valence-electron chi connectivity index (χ0n) is 10.9. The van der Waals surface area contributed by atoms with E-state index in [1.807, 2.05) is 25.1 Å². The van der Waals surface area contributed by atoms with Crippen molar-refractivity contribution < 1.29 is 14.2 Å². The van der Waals surface area contributed by atoms with E-state index in [0.29, 0.717) is 23.8 Å². The Morgan fingerprint density at radius 2 is 2.10 bits per heavy atom. The monoisotopic (exact) mass is 268 g/mol. The van der Waals surface area contributed by atoms with Crippen molar-refractivity contribution in [3.63, 3.8) is 0 Å². The number of pyridine rings is 1. The van der Waals surface area contributed by atoms with Gasteiger partial charge in [-0.25, -0.2) is 4.98 Å². The molecule has 3 rings (SSSR count). The van der Waals surface area contributed by atoms with Gasteiger partial charge >= 0.3 is 0 Å². The summed E-state index contributed by atoms with van der Waals surface area (Å²) in [4.78, 5) is 4.23. The van der Waals surface area contributed by atoms with Gasteiger partial charge in [-0.15, -0.1) is 0 Å². The van der Waals surface area contributed by atoms with Crippen LogP contribution in [0, 0.1) is 18.3 Å². The van der Waals surface area contributed by atoms with Gasteiger partial charge in [-0.2, -0.15) is 5.26 Å². The number of nitrogens with zero attached hydrogens (tertiary/aromatic N) is 2. The van der Waals surface area contributed by atoms with E-state index in [4.69, 9.17) is 19.5 Å². The summed E-state index contributed by atoms with van der Waals surface area (Å²) in [5, 5.41) is 9.03. The Morgan fingerprint density at radius 1 is 1.25 bits per heavy atom. The number of fused-ring (bicyclic) bond motifs is 1.